The van der Waals surface area contributed by atoms with Gasteiger partial charge in [0.2, 0.25) is 29.5 Å². The van der Waals surface area contributed by atoms with Gasteiger partial charge >= 0.3 is 0 Å². The molecule has 20 heteroatoms. The molecule has 5 amide bonds. The summed E-state index contributed by atoms with van der Waals surface area (Å²) in [6.45, 7) is 2.78. The number of hydrogen-bond donors (Lipinski definition) is 4. The van der Waals surface area contributed by atoms with E-state index in [1.165, 1.54) is 15.8 Å². The van der Waals surface area contributed by atoms with Crippen LogP contribution in [0.1, 0.15) is 75.2 Å². The summed E-state index contributed by atoms with van der Waals surface area (Å²) in [6.07, 6.45) is 2.86. The molecular weight excluding hydrogens is 739 g/mol. The number of aromatic nitrogens is 2. The molecule has 0 saturated carbocycles. The molecule has 1 aromatic heterocycles. The maximum atomic E-state index is 13.6. The summed E-state index contributed by atoms with van der Waals surface area (Å²) in [5.74, 6) is -4.41. The number of amidine groups is 1. The molecule has 7 N–H and O–H groups in total. The van der Waals surface area contributed by atoms with E-state index in [1.54, 1.807) is 14.0 Å². The number of likely N-dealkylation sites (N-methyl/N-ethyl adjacent to an activating group) is 1. The number of primary amides is 1. The van der Waals surface area contributed by atoms with Gasteiger partial charge in [-0.2, -0.15) is 0 Å². The van der Waals surface area contributed by atoms with Gasteiger partial charge in [-0.3, -0.25) is 43.3 Å². The number of ketones is 3. The summed E-state index contributed by atoms with van der Waals surface area (Å²) in [4.78, 5) is 113. The molecule has 304 valence electrons. The molecule has 1 aromatic rings. The summed E-state index contributed by atoms with van der Waals surface area (Å²) < 4.78 is 11.6. The van der Waals surface area contributed by atoms with Crippen LogP contribution in [0, 0.1) is 5.92 Å². The summed E-state index contributed by atoms with van der Waals surface area (Å²) in [5, 5.41) is 1.89. The second kappa shape index (κ2) is 22.8. The number of likely N-dealkylation sites (tertiary alicyclic amines) is 1. The first-order chi connectivity index (χ1) is 26.3. The fourth-order valence-corrected chi connectivity index (χ4v) is 7.20. The Balaban J connectivity index is 1.54. The van der Waals surface area contributed by atoms with Gasteiger partial charge in [-0.25, -0.2) is 9.98 Å². The van der Waals surface area contributed by atoms with Crippen molar-refractivity contribution in [2.75, 3.05) is 58.9 Å². The molecule has 0 aliphatic carbocycles. The van der Waals surface area contributed by atoms with Gasteiger partial charge in [0.25, 0.3) is 0 Å². The molecule has 19 nitrogen and oxygen atoms in total. The van der Waals surface area contributed by atoms with Crippen LogP contribution in [0.25, 0.3) is 0 Å². The fraction of sp³-hybridized carbons (Fsp3) is 0.657. The Bertz CT molecular complexity index is 1600. The molecule has 1 fully saturated rings. The Morgan fingerprint density at radius 1 is 1.09 bits per heavy atom. The van der Waals surface area contributed by atoms with Crippen molar-refractivity contribution in [1.82, 2.24) is 24.7 Å². The van der Waals surface area contributed by atoms with E-state index < -0.39 is 52.5 Å². The van der Waals surface area contributed by atoms with Crippen LogP contribution < -0.4 is 22.5 Å². The summed E-state index contributed by atoms with van der Waals surface area (Å²) in [5.41, 5.74) is 17.2. The minimum absolute atomic E-state index is 0.0198. The maximum Gasteiger partial charge on any atom is 0.243 e. The second-order valence-electron chi connectivity index (χ2n) is 13.2. The van der Waals surface area contributed by atoms with Crippen molar-refractivity contribution in [2.45, 2.75) is 82.5 Å². The largest absolute Gasteiger partial charge is 0.387 e. The van der Waals surface area contributed by atoms with E-state index >= 15 is 0 Å². The minimum atomic E-state index is -1.01. The molecule has 3 unspecified atom stereocenters. The summed E-state index contributed by atoms with van der Waals surface area (Å²) in [7, 11) is 1.56. The molecule has 3 heterocycles. The maximum absolute atomic E-state index is 13.6. The van der Waals surface area contributed by atoms with E-state index in [4.69, 9.17) is 26.7 Å². The predicted molar refractivity (Wildman–Crippen MR) is 201 cm³/mol. The van der Waals surface area contributed by atoms with Gasteiger partial charge < -0.3 is 41.5 Å². The van der Waals surface area contributed by atoms with Crippen LogP contribution in [-0.2, 0) is 49.6 Å². The number of unbranched alkanes of at least 4 members (excludes halogenated alkanes) is 1. The highest BCUT2D eigenvalue weighted by Crippen LogP contribution is 2.28. The molecule has 1 saturated heterocycles. The molecule has 2 aliphatic heterocycles. The van der Waals surface area contributed by atoms with Crippen molar-refractivity contribution in [1.29, 1.82) is 0 Å². The first-order valence-corrected chi connectivity index (χ1v) is 19.4. The average Bonchev–Trinajstić information content (AvgIpc) is 3.66. The number of thioether (sulfide) groups is 1. The quantitative estimate of drug-likeness (QED) is 0.0630. The smallest absolute Gasteiger partial charge is 0.243 e. The molecule has 0 aromatic carbocycles. The van der Waals surface area contributed by atoms with Gasteiger partial charge in [0, 0.05) is 58.2 Å². The number of imide groups is 1. The Labute approximate surface area is 323 Å². The number of amides is 5. The van der Waals surface area contributed by atoms with Gasteiger partial charge in [-0.1, -0.05) is 0 Å². The molecule has 2 aliphatic rings. The van der Waals surface area contributed by atoms with Crippen LogP contribution in [0.15, 0.2) is 11.3 Å². The van der Waals surface area contributed by atoms with E-state index in [2.05, 4.69) is 15.3 Å². The lowest BCUT2D eigenvalue weighted by molar-refractivity contribution is -0.138. The number of nitrogens with two attached hydrogens (primary N) is 3. The number of fused-ring (bicyclic) bond motifs is 1. The third-order valence-electron chi connectivity index (χ3n) is 9.05. The van der Waals surface area contributed by atoms with E-state index in [0.29, 0.717) is 45.6 Å². The number of aliphatic imine (C=N–C) groups is 1. The van der Waals surface area contributed by atoms with Gasteiger partial charge in [0.15, 0.2) is 23.1 Å². The number of methoxy groups -OCH3 is 1. The first kappa shape index (κ1) is 44.9. The molecule has 3 rings (SSSR count). The second-order valence-corrected chi connectivity index (χ2v) is 14.5. The van der Waals surface area contributed by atoms with Gasteiger partial charge in [0.05, 0.1) is 49.7 Å². The van der Waals surface area contributed by atoms with Crippen molar-refractivity contribution in [3.63, 3.8) is 0 Å². The van der Waals surface area contributed by atoms with Crippen LogP contribution in [0.5, 0.6) is 0 Å². The Hall–Kier alpha value is -4.53. The number of nitrogens with zero attached hydrogens (tertiary/aromatic N) is 5. The average molecular weight is 792 g/mol. The number of rotatable bonds is 27. The highest BCUT2D eigenvalue weighted by Gasteiger charge is 2.39. The van der Waals surface area contributed by atoms with Crippen molar-refractivity contribution in [3.05, 3.63) is 12.0 Å². The van der Waals surface area contributed by atoms with Crippen LogP contribution >= 0.6 is 11.8 Å². The van der Waals surface area contributed by atoms with Crippen LogP contribution in [0.3, 0.4) is 0 Å². The Morgan fingerprint density at radius 2 is 1.85 bits per heavy atom. The van der Waals surface area contributed by atoms with E-state index in [9.17, 15) is 38.4 Å². The van der Waals surface area contributed by atoms with Crippen LogP contribution in [0.2, 0.25) is 0 Å². The predicted octanol–water partition coefficient (Wildman–Crippen LogP) is -0.756. The van der Waals surface area contributed by atoms with Crippen molar-refractivity contribution in [2.24, 2.45) is 28.1 Å². The minimum Gasteiger partial charge on any atom is -0.387 e. The molecule has 0 spiro atoms. The van der Waals surface area contributed by atoms with Gasteiger partial charge in [0.1, 0.15) is 18.2 Å². The van der Waals surface area contributed by atoms with E-state index in [0.717, 1.165) is 16.7 Å². The first-order valence-electron chi connectivity index (χ1n) is 18.3. The van der Waals surface area contributed by atoms with Gasteiger partial charge in [-0.05, 0) is 39.2 Å². The zero-order chi connectivity index (χ0) is 40.5. The number of carbonyl (C=O) groups is 8. The van der Waals surface area contributed by atoms with Crippen molar-refractivity contribution in [3.8, 4) is 0 Å². The standard InChI is InChI=1S/C35H53N9O10S/c1-3-42(31(50)19-43-21-39-32-26(47)16-28(37)41-34(32)43)18-29(48)40-24(8-4-5-10-36)25(46)15-22(33(38)51)20-55-27-17-30(49)44(35(27)52)11-9-23(45)7-6-12-54-14-13-53-2/h21-22,24,27H,3-20,36H2,1-2H3,(H2,37,41)(H2,38,51)(H,40,48). The lowest BCUT2D eigenvalue weighted by Crippen LogP contribution is -2.48. The highest BCUT2D eigenvalue weighted by molar-refractivity contribution is 8.00. The summed E-state index contributed by atoms with van der Waals surface area (Å²) >= 11 is 1.04. The Kier molecular flexibility index (Phi) is 18.6. The number of hydrogen-bond acceptors (Lipinski definition) is 15. The van der Waals surface area contributed by atoms with Crippen LogP contribution in [-0.4, -0.2) is 142 Å². The number of carbonyl (C=O) groups excluding carboxylic acids is 8. The molecule has 0 bridgehead atoms. The monoisotopic (exact) mass is 791 g/mol. The zero-order valence-electron chi connectivity index (χ0n) is 31.5. The normalized spacial score (nSPS) is 16.4. The number of imidazole rings is 1. The molecular formula is C35H53N9O10S. The molecule has 55 heavy (non-hydrogen) atoms. The highest BCUT2D eigenvalue weighted by atomic mass is 32.2. The lowest BCUT2D eigenvalue weighted by atomic mass is 9.96. The zero-order valence-corrected chi connectivity index (χ0v) is 32.3. The van der Waals surface area contributed by atoms with Gasteiger partial charge in [-0.15, -0.1) is 11.8 Å². The topological polar surface area (TPSA) is 282 Å². The number of nitrogens with one attached hydrogen (secondary N) is 1. The van der Waals surface area contributed by atoms with E-state index in [-0.39, 0.29) is 99.4 Å². The third kappa shape index (κ3) is 13.9. The molecule has 0 radical (unpaired) electrons. The van der Waals surface area contributed by atoms with Crippen molar-refractivity contribution >= 4 is 70.3 Å². The lowest BCUT2D eigenvalue weighted by Gasteiger charge is -2.24. The van der Waals surface area contributed by atoms with Crippen molar-refractivity contribution < 1.29 is 47.8 Å². The van der Waals surface area contributed by atoms with Crippen LogP contribution in [0.4, 0.5) is 5.82 Å². The molecule has 3 atom stereocenters. The number of ether oxygens (including phenoxy) is 2. The Morgan fingerprint density at radius 3 is 2.55 bits per heavy atom. The van der Waals surface area contributed by atoms with E-state index in [1.807, 2.05) is 0 Å². The summed E-state index contributed by atoms with van der Waals surface area (Å²) in [6, 6.07) is -1.01. The fourth-order valence-electron chi connectivity index (χ4n) is 5.93. The number of Topliss-reactive ketones (excluding diaryl/α,β-unsaturated/α-hetero) is 3. The third-order valence-corrected chi connectivity index (χ3v) is 10.4. The SMILES string of the molecule is CCN(CC(=O)NC(CCCCN)C(=O)CC(CSC1CC(=O)N(CCC(=O)CCCOCCOC)C1=O)C(N)=O)C(=O)Cn1cnc2c1N=C(N)CC2=O.